The van der Waals surface area contributed by atoms with E-state index in [4.69, 9.17) is 4.74 Å². The van der Waals surface area contributed by atoms with Crippen LogP contribution in [-0.2, 0) is 6.54 Å². The lowest BCUT2D eigenvalue weighted by Crippen LogP contribution is -2.30. The van der Waals surface area contributed by atoms with Gasteiger partial charge in [-0.05, 0) is 37.2 Å². The molecule has 0 saturated heterocycles. The SMILES string of the molecule is COc1ccc(CN(C)CCNCC(C)C)cc1F. The number of halogens is 1. The van der Waals surface area contributed by atoms with E-state index in [1.54, 1.807) is 6.07 Å². The van der Waals surface area contributed by atoms with Crippen LogP contribution in [0.5, 0.6) is 5.75 Å². The molecule has 1 aromatic rings. The Balaban J connectivity index is 2.35. The van der Waals surface area contributed by atoms with E-state index in [1.807, 2.05) is 13.1 Å². The van der Waals surface area contributed by atoms with Crippen LogP contribution >= 0.6 is 0 Å². The van der Waals surface area contributed by atoms with Crippen LogP contribution in [0.25, 0.3) is 0 Å². The zero-order valence-electron chi connectivity index (χ0n) is 12.4. The molecule has 3 nitrogen and oxygen atoms in total. The maximum absolute atomic E-state index is 13.5. The van der Waals surface area contributed by atoms with Crippen LogP contribution in [0.15, 0.2) is 18.2 Å². The summed E-state index contributed by atoms with van der Waals surface area (Å²) < 4.78 is 18.4. The minimum absolute atomic E-state index is 0.296. The molecule has 0 unspecified atom stereocenters. The fraction of sp³-hybridized carbons (Fsp3) is 0.600. The molecule has 0 aliphatic carbocycles. The first kappa shape index (κ1) is 15.9. The maximum atomic E-state index is 13.5. The number of nitrogens with one attached hydrogen (secondary N) is 1. The van der Waals surface area contributed by atoms with E-state index >= 15 is 0 Å². The van der Waals surface area contributed by atoms with E-state index in [1.165, 1.54) is 13.2 Å². The second-order valence-corrected chi connectivity index (χ2v) is 5.30. The van der Waals surface area contributed by atoms with Gasteiger partial charge in [-0.3, -0.25) is 0 Å². The first-order chi connectivity index (χ1) is 9.02. The summed E-state index contributed by atoms with van der Waals surface area (Å²) in [5.74, 6) is 0.664. The molecule has 1 N–H and O–H groups in total. The van der Waals surface area contributed by atoms with Crippen LogP contribution in [0, 0.1) is 11.7 Å². The number of benzene rings is 1. The molecule has 0 aliphatic heterocycles. The highest BCUT2D eigenvalue weighted by Gasteiger charge is 2.05. The number of nitrogens with zero attached hydrogens (tertiary/aromatic N) is 1. The van der Waals surface area contributed by atoms with Gasteiger partial charge in [0.2, 0.25) is 0 Å². The molecular weight excluding hydrogens is 243 g/mol. The van der Waals surface area contributed by atoms with E-state index in [2.05, 4.69) is 24.1 Å². The highest BCUT2D eigenvalue weighted by atomic mass is 19.1. The van der Waals surface area contributed by atoms with Crippen molar-refractivity contribution >= 4 is 0 Å². The first-order valence-corrected chi connectivity index (χ1v) is 6.74. The minimum atomic E-state index is -0.300. The van der Waals surface area contributed by atoms with Crippen molar-refractivity contribution in [2.75, 3.05) is 33.8 Å². The standard InChI is InChI=1S/C15H25FN2O/c1-12(2)10-17-7-8-18(3)11-13-5-6-15(19-4)14(16)9-13/h5-6,9,12,17H,7-8,10-11H2,1-4H3. The van der Waals surface area contributed by atoms with Gasteiger partial charge in [-0.1, -0.05) is 19.9 Å². The summed E-state index contributed by atoms with van der Waals surface area (Å²) in [6.45, 7) is 8.05. The van der Waals surface area contributed by atoms with Crippen molar-refractivity contribution < 1.29 is 9.13 Å². The van der Waals surface area contributed by atoms with Crippen molar-refractivity contribution in [3.63, 3.8) is 0 Å². The van der Waals surface area contributed by atoms with E-state index < -0.39 is 0 Å². The van der Waals surface area contributed by atoms with Crippen LogP contribution in [-0.4, -0.2) is 38.7 Å². The van der Waals surface area contributed by atoms with Gasteiger partial charge in [-0.15, -0.1) is 0 Å². The predicted octanol–water partition coefficient (Wildman–Crippen LogP) is 2.51. The molecule has 0 atom stereocenters. The molecule has 4 heteroatoms. The van der Waals surface area contributed by atoms with E-state index in [-0.39, 0.29) is 5.82 Å². The minimum Gasteiger partial charge on any atom is -0.494 e. The Morgan fingerprint density at radius 2 is 2.11 bits per heavy atom. The van der Waals surface area contributed by atoms with Crippen molar-refractivity contribution in [1.82, 2.24) is 10.2 Å². The molecule has 0 fully saturated rings. The third kappa shape index (κ3) is 6.03. The lowest BCUT2D eigenvalue weighted by molar-refractivity contribution is 0.320. The van der Waals surface area contributed by atoms with Gasteiger partial charge in [0.1, 0.15) is 0 Å². The van der Waals surface area contributed by atoms with Crippen molar-refractivity contribution in [2.45, 2.75) is 20.4 Å². The van der Waals surface area contributed by atoms with Crippen LogP contribution in [0.3, 0.4) is 0 Å². The molecule has 0 heterocycles. The summed E-state index contributed by atoms with van der Waals surface area (Å²) in [7, 11) is 3.52. The Morgan fingerprint density at radius 3 is 2.68 bits per heavy atom. The molecule has 0 amide bonds. The number of likely N-dealkylation sites (N-methyl/N-ethyl adjacent to an activating group) is 1. The van der Waals surface area contributed by atoms with Gasteiger partial charge >= 0.3 is 0 Å². The van der Waals surface area contributed by atoms with Gasteiger partial charge in [0.25, 0.3) is 0 Å². The van der Waals surface area contributed by atoms with Crippen LogP contribution < -0.4 is 10.1 Å². The molecule has 0 aromatic heterocycles. The average molecular weight is 268 g/mol. The van der Waals surface area contributed by atoms with Gasteiger partial charge in [0, 0.05) is 19.6 Å². The van der Waals surface area contributed by atoms with Crippen molar-refractivity contribution in [3.05, 3.63) is 29.6 Å². The molecule has 0 spiro atoms. The number of ether oxygens (including phenoxy) is 1. The molecule has 0 radical (unpaired) electrons. The van der Waals surface area contributed by atoms with Gasteiger partial charge in [-0.2, -0.15) is 0 Å². The summed E-state index contributed by atoms with van der Waals surface area (Å²) in [5.41, 5.74) is 0.963. The normalized spacial score (nSPS) is 11.3. The maximum Gasteiger partial charge on any atom is 0.165 e. The fourth-order valence-corrected chi connectivity index (χ4v) is 1.86. The number of hydrogen-bond donors (Lipinski definition) is 1. The average Bonchev–Trinajstić information content (AvgIpc) is 2.35. The number of rotatable bonds is 8. The molecule has 0 bridgehead atoms. The zero-order chi connectivity index (χ0) is 14.3. The quantitative estimate of drug-likeness (QED) is 0.733. The van der Waals surface area contributed by atoms with Gasteiger partial charge < -0.3 is 15.0 Å². The monoisotopic (exact) mass is 268 g/mol. The van der Waals surface area contributed by atoms with E-state index in [0.29, 0.717) is 11.7 Å². The molecule has 0 aliphatic rings. The fourth-order valence-electron chi connectivity index (χ4n) is 1.86. The highest BCUT2D eigenvalue weighted by Crippen LogP contribution is 2.18. The number of methoxy groups -OCH3 is 1. The van der Waals surface area contributed by atoms with Crippen molar-refractivity contribution in [1.29, 1.82) is 0 Å². The molecule has 1 aromatic carbocycles. The predicted molar refractivity (Wildman–Crippen MR) is 77.0 cm³/mol. The van der Waals surface area contributed by atoms with E-state index in [9.17, 15) is 4.39 Å². The molecule has 108 valence electrons. The molecule has 19 heavy (non-hydrogen) atoms. The second-order valence-electron chi connectivity index (χ2n) is 5.30. The Hall–Kier alpha value is -1.13. The third-order valence-corrected chi connectivity index (χ3v) is 2.89. The van der Waals surface area contributed by atoms with Gasteiger partial charge in [0.15, 0.2) is 11.6 Å². The Labute approximate surface area is 115 Å². The first-order valence-electron chi connectivity index (χ1n) is 6.74. The van der Waals surface area contributed by atoms with Crippen molar-refractivity contribution in [2.24, 2.45) is 5.92 Å². The largest absolute Gasteiger partial charge is 0.494 e. The topological polar surface area (TPSA) is 24.5 Å². The van der Waals surface area contributed by atoms with Gasteiger partial charge in [0.05, 0.1) is 7.11 Å². The van der Waals surface area contributed by atoms with Crippen LogP contribution in [0.4, 0.5) is 4.39 Å². The lowest BCUT2D eigenvalue weighted by atomic mass is 10.2. The molecule has 0 saturated carbocycles. The summed E-state index contributed by atoms with van der Waals surface area (Å²) in [5, 5.41) is 3.40. The lowest BCUT2D eigenvalue weighted by Gasteiger charge is -2.18. The molecular formula is C15H25FN2O. The second kappa shape index (κ2) is 8.12. The summed E-state index contributed by atoms with van der Waals surface area (Å²) >= 11 is 0. The molecule has 1 rings (SSSR count). The Bertz CT molecular complexity index is 382. The summed E-state index contributed by atoms with van der Waals surface area (Å²) in [6.07, 6.45) is 0. The summed E-state index contributed by atoms with van der Waals surface area (Å²) in [6, 6.07) is 5.12. The van der Waals surface area contributed by atoms with Crippen molar-refractivity contribution in [3.8, 4) is 5.75 Å². The van der Waals surface area contributed by atoms with Crippen LogP contribution in [0.2, 0.25) is 0 Å². The third-order valence-electron chi connectivity index (χ3n) is 2.89. The Morgan fingerprint density at radius 1 is 1.37 bits per heavy atom. The van der Waals surface area contributed by atoms with Crippen LogP contribution in [0.1, 0.15) is 19.4 Å². The van der Waals surface area contributed by atoms with E-state index in [0.717, 1.165) is 31.7 Å². The summed E-state index contributed by atoms with van der Waals surface area (Å²) in [4.78, 5) is 2.18. The van der Waals surface area contributed by atoms with Gasteiger partial charge in [-0.25, -0.2) is 4.39 Å². The Kier molecular flexibility index (Phi) is 6.81. The zero-order valence-corrected chi connectivity index (χ0v) is 12.4. The smallest absolute Gasteiger partial charge is 0.165 e. The highest BCUT2D eigenvalue weighted by molar-refractivity contribution is 5.29. The number of hydrogen-bond acceptors (Lipinski definition) is 3.